The van der Waals surface area contributed by atoms with Gasteiger partial charge in [-0.15, -0.1) is 0 Å². The van der Waals surface area contributed by atoms with Crippen LogP contribution in [0.25, 0.3) is 0 Å². The molecule has 2 fully saturated rings. The molecule has 0 aromatic heterocycles. The number of carbonyl (C=O) groups excluding carboxylic acids is 1. The quantitative estimate of drug-likeness (QED) is 0.864. The maximum absolute atomic E-state index is 11.7. The lowest BCUT2D eigenvalue weighted by atomic mass is 9.75. The second-order valence-corrected chi connectivity index (χ2v) is 7.65. The highest BCUT2D eigenvalue weighted by molar-refractivity contribution is 6.33. The van der Waals surface area contributed by atoms with Gasteiger partial charge in [-0.1, -0.05) is 17.7 Å². The molecule has 7 heteroatoms. The number of benzene rings is 1. The minimum Gasteiger partial charge on any atom is -0.493 e. The number of aliphatic hydroxyl groups is 1. The molecule has 1 aromatic carbocycles. The van der Waals surface area contributed by atoms with Crippen LogP contribution in [0, 0.1) is 5.92 Å². The zero-order valence-corrected chi connectivity index (χ0v) is 16.4. The van der Waals surface area contributed by atoms with Crippen LogP contribution in [0.1, 0.15) is 25.3 Å². The number of carbonyl (C=O) groups is 1. The number of nitrogens with zero attached hydrogens (tertiary/aromatic N) is 2. The van der Waals surface area contributed by atoms with Crippen molar-refractivity contribution in [2.75, 3.05) is 40.4 Å². The van der Waals surface area contributed by atoms with E-state index in [2.05, 4.69) is 4.90 Å². The van der Waals surface area contributed by atoms with Crippen LogP contribution in [-0.4, -0.2) is 66.8 Å². The number of fused-ring (bicyclic) bond motifs is 1. The molecule has 2 heterocycles. The van der Waals surface area contributed by atoms with Crippen molar-refractivity contribution in [3.05, 3.63) is 22.7 Å². The van der Waals surface area contributed by atoms with Crippen LogP contribution in [0.5, 0.6) is 11.5 Å². The lowest BCUT2D eigenvalue weighted by molar-refractivity contribution is -0.145. The zero-order valence-electron chi connectivity index (χ0n) is 15.6. The lowest BCUT2D eigenvalue weighted by Gasteiger charge is -2.50. The monoisotopic (exact) mass is 382 g/mol. The van der Waals surface area contributed by atoms with Crippen LogP contribution in [0.2, 0.25) is 5.02 Å². The fourth-order valence-electron chi connectivity index (χ4n) is 4.09. The van der Waals surface area contributed by atoms with Gasteiger partial charge in [0.15, 0.2) is 11.5 Å². The highest BCUT2D eigenvalue weighted by Crippen LogP contribution is 2.39. The van der Waals surface area contributed by atoms with Crippen molar-refractivity contribution in [1.82, 2.24) is 9.80 Å². The number of ether oxygens (including phenoxy) is 2. The fraction of sp³-hybridized carbons (Fsp3) is 0.632. The van der Waals surface area contributed by atoms with Crippen molar-refractivity contribution < 1.29 is 19.4 Å². The van der Waals surface area contributed by atoms with Gasteiger partial charge in [0, 0.05) is 45.6 Å². The normalized spacial score (nSPS) is 26.3. The topological polar surface area (TPSA) is 62.2 Å². The predicted molar refractivity (Wildman–Crippen MR) is 99.8 cm³/mol. The molecular formula is C19H27ClN2O4. The van der Waals surface area contributed by atoms with Gasteiger partial charge in [-0.05, 0) is 24.5 Å². The largest absolute Gasteiger partial charge is 0.493 e. The summed E-state index contributed by atoms with van der Waals surface area (Å²) in [4.78, 5) is 15.8. The number of likely N-dealkylation sites (tertiary alicyclic amines) is 2. The van der Waals surface area contributed by atoms with Gasteiger partial charge < -0.3 is 19.5 Å². The van der Waals surface area contributed by atoms with Crippen molar-refractivity contribution in [3.63, 3.8) is 0 Å². The van der Waals surface area contributed by atoms with Gasteiger partial charge in [-0.25, -0.2) is 0 Å². The van der Waals surface area contributed by atoms with E-state index in [9.17, 15) is 9.90 Å². The lowest BCUT2D eigenvalue weighted by Crippen LogP contribution is -2.60. The van der Waals surface area contributed by atoms with Gasteiger partial charge in [0.1, 0.15) is 0 Å². The van der Waals surface area contributed by atoms with Crippen molar-refractivity contribution in [1.29, 1.82) is 0 Å². The standard InChI is InChI=1S/C19H27ClN2O4/c1-13(23)22-9-7-19(24)6-8-21(11-15(19)12-22)10-14-4-5-16(25-2)18(26-3)17(14)20/h4-5,15,24H,6-12H2,1-3H3/t15-,19-/m0/s1. The van der Waals surface area contributed by atoms with Crippen molar-refractivity contribution in [2.45, 2.75) is 31.9 Å². The second kappa shape index (κ2) is 7.62. The number of hydrogen-bond acceptors (Lipinski definition) is 5. The molecule has 2 atom stereocenters. The van der Waals surface area contributed by atoms with E-state index in [0.29, 0.717) is 49.0 Å². The Labute approximate surface area is 159 Å². The SMILES string of the molecule is COc1ccc(CN2CC[C@]3(O)CCN(C(C)=O)C[C@@H]3C2)c(Cl)c1OC. The molecule has 1 amide bonds. The smallest absolute Gasteiger partial charge is 0.219 e. The van der Waals surface area contributed by atoms with Crippen LogP contribution in [0.4, 0.5) is 0 Å². The zero-order chi connectivity index (χ0) is 18.9. The summed E-state index contributed by atoms with van der Waals surface area (Å²) in [5, 5.41) is 11.5. The molecule has 0 unspecified atom stereocenters. The maximum atomic E-state index is 11.7. The van der Waals surface area contributed by atoms with Crippen LogP contribution in [0.3, 0.4) is 0 Å². The maximum Gasteiger partial charge on any atom is 0.219 e. The number of amides is 1. The Morgan fingerprint density at radius 1 is 1.27 bits per heavy atom. The number of piperidine rings is 2. The van der Waals surface area contributed by atoms with E-state index in [0.717, 1.165) is 18.7 Å². The summed E-state index contributed by atoms with van der Waals surface area (Å²) in [5.41, 5.74) is 0.304. The molecule has 26 heavy (non-hydrogen) atoms. The van der Waals surface area contributed by atoms with Gasteiger partial charge >= 0.3 is 0 Å². The Bertz CT molecular complexity index is 684. The van der Waals surface area contributed by atoms with Gasteiger partial charge in [-0.2, -0.15) is 0 Å². The third-order valence-electron chi connectivity index (χ3n) is 5.76. The van der Waals surface area contributed by atoms with E-state index in [4.69, 9.17) is 21.1 Å². The number of hydrogen-bond donors (Lipinski definition) is 1. The van der Waals surface area contributed by atoms with E-state index < -0.39 is 5.60 Å². The van der Waals surface area contributed by atoms with Crippen LogP contribution >= 0.6 is 11.6 Å². The summed E-state index contributed by atoms with van der Waals surface area (Å²) in [5.74, 6) is 1.29. The van der Waals surface area contributed by atoms with Gasteiger partial charge in [0.2, 0.25) is 5.91 Å². The Morgan fingerprint density at radius 2 is 2.00 bits per heavy atom. The molecular weight excluding hydrogens is 356 g/mol. The first-order valence-corrected chi connectivity index (χ1v) is 9.35. The van der Waals surface area contributed by atoms with Crippen molar-refractivity contribution in [3.8, 4) is 11.5 Å². The van der Waals surface area contributed by atoms with E-state index >= 15 is 0 Å². The van der Waals surface area contributed by atoms with E-state index in [1.807, 2.05) is 17.0 Å². The minimum absolute atomic E-state index is 0.0628. The molecule has 2 saturated heterocycles. The summed E-state index contributed by atoms with van der Waals surface area (Å²) >= 11 is 6.51. The first kappa shape index (κ1) is 19.3. The first-order valence-electron chi connectivity index (χ1n) is 8.97. The molecule has 1 N–H and O–H groups in total. The molecule has 144 valence electrons. The van der Waals surface area contributed by atoms with Gasteiger partial charge in [0.25, 0.3) is 0 Å². The Hall–Kier alpha value is -1.50. The Kier molecular flexibility index (Phi) is 5.65. The molecule has 6 nitrogen and oxygen atoms in total. The van der Waals surface area contributed by atoms with Crippen LogP contribution < -0.4 is 9.47 Å². The summed E-state index contributed by atoms with van der Waals surface area (Å²) in [6.07, 6.45) is 1.37. The predicted octanol–water partition coefficient (Wildman–Crippen LogP) is 2.16. The summed E-state index contributed by atoms with van der Waals surface area (Å²) < 4.78 is 10.7. The molecule has 0 aliphatic carbocycles. The molecule has 0 saturated carbocycles. The molecule has 2 aliphatic rings. The van der Waals surface area contributed by atoms with Gasteiger partial charge in [-0.3, -0.25) is 9.69 Å². The number of rotatable bonds is 4. The molecule has 0 spiro atoms. The Balaban J connectivity index is 1.73. The average Bonchev–Trinajstić information content (AvgIpc) is 2.62. The molecule has 3 rings (SSSR count). The molecule has 1 aromatic rings. The third kappa shape index (κ3) is 3.63. The molecule has 2 aliphatic heterocycles. The summed E-state index contributed by atoms with van der Waals surface area (Å²) in [6, 6.07) is 3.81. The van der Waals surface area contributed by atoms with E-state index in [-0.39, 0.29) is 11.8 Å². The van der Waals surface area contributed by atoms with Crippen LogP contribution in [0.15, 0.2) is 12.1 Å². The summed E-state index contributed by atoms with van der Waals surface area (Å²) in [7, 11) is 3.16. The van der Waals surface area contributed by atoms with E-state index in [1.54, 1.807) is 21.1 Å². The third-order valence-corrected chi connectivity index (χ3v) is 6.17. The second-order valence-electron chi connectivity index (χ2n) is 7.27. The molecule has 0 radical (unpaired) electrons. The van der Waals surface area contributed by atoms with Crippen molar-refractivity contribution in [2.24, 2.45) is 5.92 Å². The van der Waals surface area contributed by atoms with E-state index in [1.165, 1.54) is 0 Å². The van der Waals surface area contributed by atoms with Crippen molar-refractivity contribution >= 4 is 17.5 Å². The van der Waals surface area contributed by atoms with Crippen LogP contribution in [-0.2, 0) is 11.3 Å². The molecule has 0 bridgehead atoms. The summed E-state index contributed by atoms with van der Waals surface area (Å²) in [6.45, 7) is 5.06. The highest BCUT2D eigenvalue weighted by atomic mass is 35.5. The highest BCUT2D eigenvalue weighted by Gasteiger charge is 2.45. The Morgan fingerprint density at radius 3 is 2.65 bits per heavy atom. The first-order chi connectivity index (χ1) is 12.4. The minimum atomic E-state index is -0.663. The number of methoxy groups -OCH3 is 2. The fourth-order valence-corrected chi connectivity index (χ4v) is 4.39. The average molecular weight is 383 g/mol. The number of halogens is 1. The van der Waals surface area contributed by atoms with Gasteiger partial charge in [0.05, 0.1) is 24.8 Å².